The number of ether oxygens (including phenoxy) is 1. The lowest BCUT2D eigenvalue weighted by Crippen LogP contribution is -2.26. The van der Waals surface area contributed by atoms with E-state index in [4.69, 9.17) is 4.74 Å². The van der Waals surface area contributed by atoms with Crippen LogP contribution in [0.1, 0.15) is 10.4 Å². The Labute approximate surface area is 123 Å². The van der Waals surface area contributed by atoms with Gasteiger partial charge in [0.1, 0.15) is 11.3 Å². The van der Waals surface area contributed by atoms with Gasteiger partial charge in [-0.05, 0) is 24.3 Å². The fourth-order valence-corrected chi connectivity index (χ4v) is 1.93. The van der Waals surface area contributed by atoms with Crippen LogP contribution in [0.5, 0.6) is 0 Å². The molecule has 22 heavy (non-hydrogen) atoms. The second-order valence-corrected chi connectivity index (χ2v) is 4.45. The number of carbonyl (C=O) groups excluding carboxylic acids is 1. The Hall–Kier alpha value is -3.09. The normalized spacial score (nSPS) is 10.6. The van der Waals surface area contributed by atoms with Gasteiger partial charge in [0.15, 0.2) is 6.73 Å². The Balaban J connectivity index is 1.83. The largest absolute Gasteiger partial charge is 0.438 e. The van der Waals surface area contributed by atoms with Crippen molar-refractivity contribution in [2.24, 2.45) is 0 Å². The molecular formula is C15H10FN3O3. The SMILES string of the molecule is O=C(OCn1nnc2ccccc2c1=O)c1ccccc1F. The molecule has 0 N–H and O–H groups in total. The highest BCUT2D eigenvalue weighted by molar-refractivity contribution is 5.89. The Morgan fingerprint density at radius 3 is 2.68 bits per heavy atom. The molecular weight excluding hydrogens is 289 g/mol. The van der Waals surface area contributed by atoms with Crippen molar-refractivity contribution >= 4 is 16.9 Å². The van der Waals surface area contributed by atoms with Gasteiger partial charge in [-0.15, -0.1) is 5.10 Å². The highest BCUT2D eigenvalue weighted by atomic mass is 19.1. The minimum absolute atomic E-state index is 0.204. The number of carbonyl (C=O) groups is 1. The highest BCUT2D eigenvalue weighted by Crippen LogP contribution is 2.08. The van der Waals surface area contributed by atoms with Crippen molar-refractivity contribution < 1.29 is 13.9 Å². The third kappa shape index (κ3) is 2.56. The van der Waals surface area contributed by atoms with E-state index in [2.05, 4.69) is 10.3 Å². The van der Waals surface area contributed by atoms with Crippen LogP contribution in [0.2, 0.25) is 0 Å². The first-order valence-corrected chi connectivity index (χ1v) is 6.41. The summed E-state index contributed by atoms with van der Waals surface area (Å²) in [5.41, 5.74) is -0.194. The Morgan fingerprint density at radius 1 is 1.14 bits per heavy atom. The Morgan fingerprint density at radius 2 is 1.86 bits per heavy atom. The van der Waals surface area contributed by atoms with Crippen molar-refractivity contribution in [1.82, 2.24) is 15.0 Å². The molecule has 0 spiro atoms. The molecule has 0 fully saturated rings. The van der Waals surface area contributed by atoms with Gasteiger partial charge >= 0.3 is 5.97 Å². The summed E-state index contributed by atoms with van der Waals surface area (Å²) in [5, 5.41) is 7.90. The maximum atomic E-state index is 13.5. The molecule has 3 aromatic rings. The molecule has 0 amide bonds. The van der Waals surface area contributed by atoms with E-state index in [9.17, 15) is 14.0 Å². The van der Waals surface area contributed by atoms with E-state index in [0.29, 0.717) is 10.9 Å². The maximum absolute atomic E-state index is 13.5. The van der Waals surface area contributed by atoms with Crippen LogP contribution < -0.4 is 5.56 Å². The lowest BCUT2D eigenvalue weighted by atomic mass is 10.2. The molecule has 6 nitrogen and oxygen atoms in total. The van der Waals surface area contributed by atoms with E-state index in [1.54, 1.807) is 24.3 Å². The molecule has 3 rings (SSSR count). The van der Waals surface area contributed by atoms with E-state index in [-0.39, 0.29) is 5.56 Å². The molecule has 1 heterocycles. The van der Waals surface area contributed by atoms with E-state index in [1.165, 1.54) is 18.2 Å². The Kier molecular flexibility index (Phi) is 3.61. The van der Waals surface area contributed by atoms with Crippen LogP contribution in [0.25, 0.3) is 10.9 Å². The quantitative estimate of drug-likeness (QED) is 0.689. The number of benzene rings is 2. The summed E-state index contributed by atoms with van der Waals surface area (Å²) in [5.74, 6) is -1.57. The second-order valence-electron chi connectivity index (χ2n) is 4.45. The van der Waals surface area contributed by atoms with Crippen molar-refractivity contribution in [2.75, 3.05) is 0 Å². The minimum atomic E-state index is -0.875. The molecule has 1 aromatic heterocycles. The monoisotopic (exact) mass is 299 g/mol. The average Bonchev–Trinajstić information content (AvgIpc) is 2.55. The van der Waals surface area contributed by atoms with Crippen LogP contribution in [0, 0.1) is 5.82 Å². The minimum Gasteiger partial charge on any atom is -0.438 e. The smallest absolute Gasteiger partial charge is 0.342 e. The van der Waals surface area contributed by atoms with Crippen molar-refractivity contribution in [3.8, 4) is 0 Å². The predicted molar refractivity (Wildman–Crippen MR) is 75.6 cm³/mol. The molecule has 0 radical (unpaired) electrons. The number of hydrogen-bond acceptors (Lipinski definition) is 5. The van der Waals surface area contributed by atoms with Gasteiger partial charge in [-0.1, -0.05) is 29.5 Å². The van der Waals surface area contributed by atoms with E-state index in [1.807, 2.05) is 0 Å². The van der Waals surface area contributed by atoms with E-state index < -0.39 is 24.1 Å². The fourth-order valence-electron chi connectivity index (χ4n) is 1.93. The molecule has 7 heteroatoms. The van der Waals surface area contributed by atoms with E-state index in [0.717, 1.165) is 10.7 Å². The highest BCUT2D eigenvalue weighted by Gasteiger charge is 2.13. The first-order valence-electron chi connectivity index (χ1n) is 6.41. The summed E-state index contributed by atoms with van der Waals surface area (Å²) in [6.07, 6.45) is 0. The van der Waals surface area contributed by atoms with E-state index >= 15 is 0 Å². The van der Waals surface area contributed by atoms with Gasteiger partial charge < -0.3 is 4.74 Å². The second kappa shape index (κ2) is 5.72. The zero-order chi connectivity index (χ0) is 15.5. The van der Waals surface area contributed by atoms with Gasteiger partial charge in [0, 0.05) is 0 Å². The summed E-state index contributed by atoms with van der Waals surface area (Å²) in [7, 11) is 0. The molecule has 0 aliphatic rings. The fraction of sp³-hybridized carbons (Fsp3) is 0.0667. The number of rotatable bonds is 3. The zero-order valence-corrected chi connectivity index (χ0v) is 11.3. The summed E-state index contributed by atoms with van der Waals surface area (Å²) >= 11 is 0. The first kappa shape index (κ1) is 13.9. The van der Waals surface area contributed by atoms with Gasteiger partial charge in [-0.2, -0.15) is 4.68 Å². The van der Waals surface area contributed by atoms with Crippen LogP contribution in [-0.2, 0) is 11.5 Å². The van der Waals surface area contributed by atoms with Gasteiger partial charge in [-0.3, -0.25) is 4.79 Å². The van der Waals surface area contributed by atoms with Crippen LogP contribution in [0.15, 0.2) is 53.3 Å². The van der Waals surface area contributed by atoms with Gasteiger partial charge in [0.2, 0.25) is 0 Å². The van der Waals surface area contributed by atoms with Crippen molar-refractivity contribution in [3.63, 3.8) is 0 Å². The topological polar surface area (TPSA) is 74.1 Å². The molecule has 0 unspecified atom stereocenters. The number of nitrogens with zero attached hydrogens (tertiary/aromatic N) is 3. The number of esters is 1. The lowest BCUT2D eigenvalue weighted by molar-refractivity contribution is 0.0331. The standard InChI is InChI=1S/C15H10FN3O3/c16-12-7-3-1-5-10(12)15(21)22-9-19-14(20)11-6-2-4-8-13(11)17-18-19/h1-8H,9H2. The molecule has 2 aromatic carbocycles. The van der Waals surface area contributed by atoms with Crippen LogP contribution >= 0.6 is 0 Å². The first-order chi connectivity index (χ1) is 10.7. The van der Waals surface area contributed by atoms with Gasteiger partial charge in [0.25, 0.3) is 5.56 Å². The zero-order valence-electron chi connectivity index (χ0n) is 11.3. The third-order valence-corrected chi connectivity index (χ3v) is 3.04. The summed E-state index contributed by atoms with van der Waals surface area (Å²) in [4.78, 5) is 23.9. The number of fused-ring (bicyclic) bond motifs is 1. The maximum Gasteiger partial charge on any atom is 0.342 e. The van der Waals surface area contributed by atoms with Crippen LogP contribution in [0.4, 0.5) is 4.39 Å². The number of halogens is 1. The molecule has 0 saturated carbocycles. The van der Waals surface area contributed by atoms with Gasteiger partial charge in [0.05, 0.1) is 10.9 Å². The third-order valence-electron chi connectivity index (χ3n) is 3.04. The molecule has 0 aliphatic carbocycles. The van der Waals surface area contributed by atoms with Crippen molar-refractivity contribution in [3.05, 3.63) is 70.3 Å². The van der Waals surface area contributed by atoms with Gasteiger partial charge in [-0.25, -0.2) is 9.18 Å². The van der Waals surface area contributed by atoms with Crippen LogP contribution in [0.3, 0.4) is 0 Å². The number of aromatic nitrogens is 3. The molecule has 0 aliphatic heterocycles. The molecule has 0 atom stereocenters. The van der Waals surface area contributed by atoms with Crippen LogP contribution in [-0.4, -0.2) is 21.0 Å². The van der Waals surface area contributed by atoms with Crippen molar-refractivity contribution in [2.45, 2.75) is 6.73 Å². The van der Waals surface area contributed by atoms with Crippen molar-refractivity contribution in [1.29, 1.82) is 0 Å². The molecule has 110 valence electrons. The summed E-state index contributed by atoms with van der Waals surface area (Å²) < 4.78 is 19.3. The summed E-state index contributed by atoms with van der Waals surface area (Å²) in [6.45, 7) is -0.441. The molecule has 0 saturated heterocycles. The number of hydrogen-bond donors (Lipinski definition) is 0. The average molecular weight is 299 g/mol. The lowest BCUT2D eigenvalue weighted by Gasteiger charge is -2.07. The Bertz CT molecular complexity index is 908. The predicted octanol–water partition coefficient (Wildman–Crippen LogP) is 1.75. The molecule has 0 bridgehead atoms. The summed E-state index contributed by atoms with van der Waals surface area (Å²) in [6, 6.07) is 12.1.